The van der Waals surface area contributed by atoms with Gasteiger partial charge in [-0.25, -0.2) is 0 Å². The van der Waals surface area contributed by atoms with E-state index in [-0.39, 0.29) is 12.2 Å². The SMILES string of the molecule is COC1OC(COC(C2=CC=CCC2)(C2CCCCC2)C2CCCCC2)C(OC)C(O)C1N1C(=O)c2ccccc2C1=O. The van der Waals surface area contributed by atoms with Gasteiger partial charge in [0.05, 0.1) is 23.3 Å². The quantitative estimate of drug-likeness (QED) is 0.373. The van der Waals surface area contributed by atoms with E-state index < -0.39 is 42.5 Å². The smallest absolute Gasteiger partial charge is 0.262 e. The van der Waals surface area contributed by atoms with E-state index in [0.29, 0.717) is 23.0 Å². The zero-order valence-corrected chi connectivity index (χ0v) is 25.6. The Kier molecular flexibility index (Phi) is 9.50. The molecule has 0 aromatic heterocycles. The van der Waals surface area contributed by atoms with E-state index in [1.165, 1.54) is 58.3 Å². The van der Waals surface area contributed by atoms with Crippen LogP contribution in [0.4, 0.5) is 0 Å². The van der Waals surface area contributed by atoms with Gasteiger partial charge < -0.3 is 24.1 Å². The zero-order valence-electron chi connectivity index (χ0n) is 25.6. The maximum absolute atomic E-state index is 13.4. The summed E-state index contributed by atoms with van der Waals surface area (Å²) in [6.07, 6.45) is 17.0. The van der Waals surface area contributed by atoms with E-state index >= 15 is 0 Å². The summed E-state index contributed by atoms with van der Waals surface area (Å²) >= 11 is 0. The van der Waals surface area contributed by atoms with Crippen molar-refractivity contribution in [1.82, 2.24) is 4.90 Å². The minimum atomic E-state index is -1.23. The van der Waals surface area contributed by atoms with Gasteiger partial charge in [0.1, 0.15) is 24.4 Å². The highest BCUT2D eigenvalue weighted by Crippen LogP contribution is 2.51. The first-order chi connectivity index (χ1) is 21.0. The highest BCUT2D eigenvalue weighted by Gasteiger charge is 2.55. The van der Waals surface area contributed by atoms with Gasteiger partial charge in [-0.15, -0.1) is 0 Å². The van der Waals surface area contributed by atoms with E-state index in [2.05, 4.69) is 18.2 Å². The Morgan fingerprint density at radius 3 is 2.02 bits per heavy atom. The van der Waals surface area contributed by atoms with Gasteiger partial charge in [0.25, 0.3) is 11.8 Å². The summed E-state index contributed by atoms with van der Waals surface area (Å²) in [7, 11) is 3.00. The van der Waals surface area contributed by atoms with Crippen molar-refractivity contribution in [2.45, 2.75) is 113 Å². The maximum atomic E-state index is 13.4. The number of amides is 2. The molecule has 1 aromatic rings. The van der Waals surface area contributed by atoms with Crippen LogP contribution in [-0.4, -0.2) is 78.9 Å². The van der Waals surface area contributed by atoms with Crippen LogP contribution in [0.25, 0.3) is 0 Å². The zero-order chi connectivity index (χ0) is 30.0. The van der Waals surface area contributed by atoms with Gasteiger partial charge in [-0.05, 0) is 68.1 Å². The molecule has 8 heteroatoms. The maximum Gasteiger partial charge on any atom is 0.262 e. The van der Waals surface area contributed by atoms with Crippen LogP contribution in [0.1, 0.15) is 97.8 Å². The molecule has 0 spiro atoms. The van der Waals surface area contributed by atoms with Crippen molar-refractivity contribution < 1.29 is 33.6 Å². The number of imide groups is 1. The summed E-state index contributed by atoms with van der Waals surface area (Å²) in [6.45, 7) is 0.221. The number of methoxy groups -OCH3 is 2. The predicted molar refractivity (Wildman–Crippen MR) is 161 cm³/mol. The molecule has 2 heterocycles. The molecule has 0 radical (unpaired) electrons. The second-order valence-electron chi connectivity index (χ2n) is 12.9. The number of fused-ring (bicyclic) bond motifs is 1. The molecule has 2 aliphatic heterocycles. The van der Waals surface area contributed by atoms with Crippen molar-refractivity contribution in [2.24, 2.45) is 11.8 Å². The van der Waals surface area contributed by atoms with Crippen molar-refractivity contribution in [3.05, 3.63) is 59.2 Å². The first-order valence-electron chi connectivity index (χ1n) is 16.4. The van der Waals surface area contributed by atoms with Crippen LogP contribution in [0, 0.1) is 11.8 Å². The second-order valence-corrected chi connectivity index (χ2v) is 12.9. The Morgan fingerprint density at radius 2 is 1.51 bits per heavy atom. The third kappa shape index (κ3) is 5.54. The molecule has 3 fully saturated rings. The summed E-state index contributed by atoms with van der Waals surface area (Å²) in [6, 6.07) is 5.64. The third-order valence-corrected chi connectivity index (χ3v) is 10.7. The Hall–Kier alpha value is -2.36. The minimum absolute atomic E-state index is 0.221. The lowest BCUT2D eigenvalue weighted by Crippen LogP contribution is -2.66. The summed E-state index contributed by atoms with van der Waals surface area (Å²) in [5, 5.41) is 11.7. The van der Waals surface area contributed by atoms with Gasteiger partial charge in [-0.3, -0.25) is 14.5 Å². The molecule has 234 valence electrons. The molecule has 1 saturated heterocycles. The van der Waals surface area contributed by atoms with Gasteiger partial charge in [0.15, 0.2) is 6.29 Å². The summed E-state index contributed by atoms with van der Waals surface area (Å²) < 4.78 is 25.4. The summed E-state index contributed by atoms with van der Waals surface area (Å²) in [4.78, 5) is 27.8. The highest BCUT2D eigenvalue weighted by atomic mass is 16.7. The van der Waals surface area contributed by atoms with Gasteiger partial charge in [-0.1, -0.05) is 68.9 Å². The number of aliphatic hydroxyl groups excluding tert-OH is 1. The number of hydrogen-bond acceptors (Lipinski definition) is 7. The monoisotopic (exact) mass is 593 g/mol. The Morgan fingerprint density at radius 1 is 0.907 bits per heavy atom. The number of benzene rings is 1. The molecular formula is C35H47NO7. The van der Waals surface area contributed by atoms with E-state index in [4.69, 9.17) is 18.9 Å². The fraction of sp³-hybridized carbons (Fsp3) is 0.657. The number of ether oxygens (including phenoxy) is 4. The number of rotatable bonds is 9. The Labute approximate surface area is 255 Å². The molecule has 5 aliphatic rings. The fourth-order valence-corrected chi connectivity index (χ4v) is 8.68. The van der Waals surface area contributed by atoms with E-state index in [1.807, 2.05) is 0 Å². The Balaban J connectivity index is 1.29. The Bertz CT molecular complexity index is 1160. The number of carbonyl (C=O) groups is 2. The normalized spacial score (nSPS) is 30.9. The fourth-order valence-electron chi connectivity index (χ4n) is 8.68. The van der Waals surface area contributed by atoms with Crippen LogP contribution >= 0.6 is 0 Å². The van der Waals surface area contributed by atoms with Crippen LogP contribution in [-0.2, 0) is 18.9 Å². The molecular weight excluding hydrogens is 546 g/mol. The molecule has 5 atom stereocenters. The first-order valence-corrected chi connectivity index (χ1v) is 16.4. The molecule has 1 N–H and O–H groups in total. The molecule has 43 heavy (non-hydrogen) atoms. The number of aliphatic hydroxyl groups is 1. The van der Waals surface area contributed by atoms with Crippen LogP contribution in [0.15, 0.2) is 48.1 Å². The molecule has 8 nitrogen and oxygen atoms in total. The molecule has 2 saturated carbocycles. The van der Waals surface area contributed by atoms with Gasteiger partial charge in [-0.2, -0.15) is 0 Å². The lowest BCUT2D eigenvalue weighted by atomic mass is 9.62. The highest BCUT2D eigenvalue weighted by molar-refractivity contribution is 6.21. The largest absolute Gasteiger partial charge is 0.388 e. The summed E-state index contributed by atoms with van der Waals surface area (Å²) in [5.41, 5.74) is 1.63. The number of carbonyl (C=O) groups excluding carboxylic acids is 2. The standard InChI is InChI=1S/C35H47NO7/c1-40-31-28(43-34(41-2)29(30(31)37)36-32(38)26-20-12-13-21-27(26)33(36)39)22-42-35(23-14-6-3-7-15-23,24-16-8-4-9-17-24)25-18-10-5-11-19-25/h3,6,12-14,20-21,24-25,28-31,34,37H,4-5,7-11,15-19,22H2,1-2H3. The summed E-state index contributed by atoms with van der Waals surface area (Å²) in [5.74, 6) is -0.0710. The number of allylic oxidation sites excluding steroid dienone is 3. The number of hydrogen-bond donors (Lipinski definition) is 1. The van der Waals surface area contributed by atoms with Crippen molar-refractivity contribution >= 4 is 11.8 Å². The molecule has 5 unspecified atom stereocenters. The lowest BCUT2D eigenvalue weighted by molar-refractivity contribution is -0.286. The number of nitrogens with zero attached hydrogens (tertiary/aromatic N) is 1. The molecule has 6 rings (SSSR count). The third-order valence-electron chi connectivity index (χ3n) is 10.7. The topological polar surface area (TPSA) is 94.5 Å². The van der Waals surface area contributed by atoms with Crippen molar-refractivity contribution in [3.63, 3.8) is 0 Å². The van der Waals surface area contributed by atoms with E-state index in [1.54, 1.807) is 24.3 Å². The van der Waals surface area contributed by atoms with E-state index in [0.717, 1.165) is 43.4 Å². The van der Waals surface area contributed by atoms with Crippen molar-refractivity contribution in [1.29, 1.82) is 0 Å². The predicted octanol–water partition coefficient (Wildman–Crippen LogP) is 5.59. The first kappa shape index (κ1) is 30.7. The van der Waals surface area contributed by atoms with Gasteiger partial charge >= 0.3 is 0 Å². The second kappa shape index (κ2) is 13.3. The molecule has 2 amide bonds. The average Bonchev–Trinajstić information content (AvgIpc) is 3.31. The molecule has 3 aliphatic carbocycles. The average molecular weight is 594 g/mol. The van der Waals surface area contributed by atoms with Crippen LogP contribution in [0.3, 0.4) is 0 Å². The van der Waals surface area contributed by atoms with Crippen molar-refractivity contribution in [2.75, 3.05) is 20.8 Å². The molecule has 1 aromatic carbocycles. The van der Waals surface area contributed by atoms with Gasteiger partial charge in [0, 0.05) is 14.2 Å². The van der Waals surface area contributed by atoms with Crippen LogP contribution in [0.2, 0.25) is 0 Å². The van der Waals surface area contributed by atoms with Crippen LogP contribution < -0.4 is 0 Å². The van der Waals surface area contributed by atoms with E-state index in [9.17, 15) is 14.7 Å². The lowest BCUT2D eigenvalue weighted by Gasteiger charge is -2.52. The van der Waals surface area contributed by atoms with Gasteiger partial charge in [0.2, 0.25) is 0 Å². The van der Waals surface area contributed by atoms with Crippen molar-refractivity contribution in [3.8, 4) is 0 Å². The minimum Gasteiger partial charge on any atom is -0.388 e. The molecule has 0 bridgehead atoms. The van der Waals surface area contributed by atoms with Crippen LogP contribution in [0.5, 0.6) is 0 Å².